The number of esters is 1. The maximum absolute atomic E-state index is 10.7. The number of rotatable bonds is 15. The quantitative estimate of drug-likeness (QED) is 0.167. The molecule has 152 valence electrons. The van der Waals surface area contributed by atoms with Crippen molar-refractivity contribution in [1.82, 2.24) is 0 Å². The van der Waals surface area contributed by atoms with Crippen molar-refractivity contribution in [3.63, 3.8) is 0 Å². The second-order valence-corrected chi connectivity index (χ2v) is 6.02. The third kappa shape index (κ3) is 35.1. The lowest BCUT2D eigenvalue weighted by Gasteiger charge is -1.99. The molecule has 0 heterocycles. The molecule has 0 aliphatic heterocycles. The average Bonchev–Trinajstić information content (AvgIpc) is 2.66. The van der Waals surface area contributed by atoms with Gasteiger partial charge < -0.3 is 4.74 Å². The lowest BCUT2D eigenvalue weighted by Crippen LogP contribution is -1.98. The van der Waals surface area contributed by atoms with Crippen molar-refractivity contribution in [1.29, 1.82) is 0 Å². The third-order valence-electron chi connectivity index (χ3n) is 3.78. The Hall–Kier alpha value is -1.05. The van der Waals surface area contributed by atoms with Crippen LogP contribution in [0.2, 0.25) is 0 Å². The first-order valence-electron chi connectivity index (χ1n) is 10.5. The highest BCUT2D eigenvalue weighted by Gasteiger charge is 1.98. The number of carbonyl (C=O) groups is 1. The minimum absolute atomic E-state index is 0. The Bertz CT molecular complexity index is 265. The van der Waals surface area contributed by atoms with E-state index in [1.165, 1.54) is 71.3 Å². The number of carbonyl (C=O) groups excluding carboxylic acids is 1. The van der Waals surface area contributed by atoms with Gasteiger partial charge in [0.2, 0.25) is 0 Å². The summed E-state index contributed by atoms with van der Waals surface area (Å²) in [4.78, 5) is 10.7. The highest BCUT2D eigenvalue weighted by Crippen LogP contribution is 2.07. The summed E-state index contributed by atoms with van der Waals surface area (Å²) in [7, 11) is 1.44. The van der Waals surface area contributed by atoms with Gasteiger partial charge in [0.15, 0.2) is 0 Å². The molecule has 0 N–H and O–H groups in total. The minimum Gasteiger partial charge on any atom is -0.469 e. The van der Waals surface area contributed by atoms with Gasteiger partial charge in [-0.1, -0.05) is 84.3 Å². The van der Waals surface area contributed by atoms with Gasteiger partial charge in [-0.2, -0.15) is 0 Å². The Morgan fingerprint density at radius 3 is 1.60 bits per heavy atom. The fourth-order valence-corrected chi connectivity index (χ4v) is 2.26. The molecule has 2 heteroatoms. The van der Waals surface area contributed by atoms with E-state index in [9.17, 15) is 4.79 Å². The van der Waals surface area contributed by atoms with E-state index >= 15 is 0 Å². The summed E-state index contributed by atoms with van der Waals surface area (Å²) in [5.41, 5.74) is 0. The van der Waals surface area contributed by atoms with Crippen LogP contribution < -0.4 is 0 Å². The molecule has 0 amide bonds. The molecule has 0 atom stereocenters. The zero-order chi connectivity index (χ0) is 19.6. The van der Waals surface area contributed by atoms with Crippen LogP contribution in [-0.4, -0.2) is 13.1 Å². The molecule has 0 aromatic heterocycles. The highest BCUT2D eigenvalue weighted by atomic mass is 16.5. The summed E-state index contributed by atoms with van der Waals surface area (Å²) in [5.74, 6) is -0.0916. The van der Waals surface area contributed by atoms with Crippen molar-refractivity contribution < 1.29 is 11.0 Å². The fourth-order valence-electron chi connectivity index (χ4n) is 2.26. The molecule has 25 heavy (non-hydrogen) atoms. The molecule has 0 radical (unpaired) electrons. The van der Waals surface area contributed by atoms with Crippen molar-refractivity contribution >= 4 is 5.97 Å². The zero-order valence-corrected chi connectivity index (χ0v) is 17.8. The molecular weight excluding hydrogens is 308 g/mol. The zero-order valence-electron chi connectivity index (χ0n) is 17.8. The van der Waals surface area contributed by atoms with Crippen LogP contribution in [0.25, 0.3) is 0 Å². The SMILES string of the molecule is C=CCCCCCCCC.C=CCCCCCCCC(=O)OC.CC.[2HH]. The summed E-state index contributed by atoms with van der Waals surface area (Å²) < 4.78 is 4.54. The molecule has 0 rings (SSSR count). The van der Waals surface area contributed by atoms with Crippen LogP contribution in [0, 0.1) is 0 Å². The Morgan fingerprint density at radius 1 is 0.800 bits per heavy atom. The lowest BCUT2D eigenvalue weighted by molar-refractivity contribution is -0.140. The first-order valence-corrected chi connectivity index (χ1v) is 10.5. The van der Waals surface area contributed by atoms with Crippen LogP contribution in [0.15, 0.2) is 25.3 Å². The van der Waals surface area contributed by atoms with Crippen LogP contribution in [0.3, 0.4) is 0 Å². The molecule has 0 saturated carbocycles. The van der Waals surface area contributed by atoms with E-state index in [1.807, 2.05) is 26.0 Å². The second-order valence-electron chi connectivity index (χ2n) is 6.02. The Morgan fingerprint density at radius 2 is 1.20 bits per heavy atom. The van der Waals surface area contributed by atoms with E-state index in [0.717, 1.165) is 19.3 Å². The molecule has 0 spiro atoms. The minimum atomic E-state index is -0.0916. The summed E-state index contributed by atoms with van der Waals surface area (Å²) in [5, 5.41) is 0. The van der Waals surface area contributed by atoms with Gasteiger partial charge in [-0.15, -0.1) is 13.2 Å². The third-order valence-corrected chi connectivity index (χ3v) is 3.78. The van der Waals surface area contributed by atoms with Crippen molar-refractivity contribution in [2.75, 3.05) is 7.11 Å². The van der Waals surface area contributed by atoms with E-state index in [0.29, 0.717) is 6.42 Å². The predicted molar refractivity (Wildman–Crippen MR) is 116 cm³/mol. The van der Waals surface area contributed by atoms with E-state index in [-0.39, 0.29) is 7.40 Å². The molecule has 0 saturated heterocycles. The summed E-state index contributed by atoms with van der Waals surface area (Å²) in [6, 6.07) is 0. The number of unbranched alkanes of at least 4 members (excludes halogenated alkanes) is 11. The van der Waals surface area contributed by atoms with Gasteiger partial charge in [-0.05, 0) is 32.1 Å². The summed E-state index contributed by atoms with van der Waals surface area (Å²) in [6.45, 7) is 13.6. The lowest BCUT2D eigenvalue weighted by atomic mass is 10.1. The van der Waals surface area contributed by atoms with Crippen molar-refractivity contribution in [3.05, 3.63) is 25.3 Å². The molecule has 0 aromatic carbocycles. The standard InChI is InChI=1S/C11H20O2.C10H20.C2H6.H2/c1-3-4-5-6-7-8-9-10-11(12)13-2;1-3-5-7-9-10-8-6-4-2;1-2;/h3H,1,4-10H2,2H3;3H,1,4-10H2,2H3;1-2H3;1H/i;;;1+1. The van der Waals surface area contributed by atoms with Gasteiger partial charge in [0.25, 0.3) is 0 Å². The van der Waals surface area contributed by atoms with E-state index in [4.69, 9.17) is 0 Å². The van der Waals surface area contributed by atoms with Gasteiger partial charge in [0.1, 0.15) is 0 Å². The average molecular weight is 358 g/mol. The Balaban J connectivity index is -0.000000168. The van der Waals surface area contributed by atoms with E-state index in [1.54, 1.807) is 0 Å². The number of methoxy groups -OCH3 is 1. The van der Waals surface area contributed by atoms with Crippen LogP contribution in [-0.2, 0) is 9.53 Å². The first kappa shape index (κ1) is 28.7. The monoisotopic (exact) mass is 357 g/mol. The topological polar surface area (TPSA) is 26.3 Å². The normalized spacial score (nSPS) is 9.12. The van der Waals surface area contributed by atoms with Crippen molar-refractivity contribution in [2.45, 2.75) is 111 Å². The number of hydrogen-bond donors (Lipinski definition) is 0. The molecule has 0 aliphatic rings. The van der Waals surface area contributed by atoms with Crippen molar-refractivity contribution in [3.8, 4) is 0 Å². The van der Waals surface area contributed by atoms with Gasteiger partial charge in [0, 0.05) is 7.85 Å². The first-order chi connectivity index (χ1) is 12.2. The smallest absolute Gasteiger partial charge is 0.305 e. The van der Waals surface area contributed by atoms with Crippen LogP contribution in [0.4, 0.5) is 0 Å². The van der Waals surface area contributed by atoms with Gasteiger partial charge >= 0.3 is 5.97 Å². The number of allylic oxidation sites excluding steroid dienone is 2. The van der Waals surface area contributed by atoms with Gasteiger partial charge in [-0.3, -0.25) is 4.79 Å². The molecular formula is C23H48O2. The molecule has 0 bridgehead atoms. The molecule has 2 nitrogen and oxygen atoms in total. The maximum atomic E-state index is 10.7. The van der Waals surface area contributed by atoms with Gasteiger partial charge in [0.05, 0.1) is 7.11 Å². The number of hydrogen-bond acceptors (Lipinski definition) is 2. The predicted octanol–water partition coefficient (Wildman–Crippen LogP) is 8.27. The van der Waals surface area contributed by atoms with Crippen LogP contribution in [0.1, 0.15) is 112 Å². The second kappa shape index (κ2) is 30.8. The van der Waals surface area contributed by atoms with E-state index < -0.39 is 0 Å². The van der Waals surface area contributed by atoms with Gasteiger partial charge in [-0.25, -0.2) is 0 Å². The van der Waals surface area contributed by atoms with Crippen molar-refractivity contribution in [2.24, 2.45) is 0 Å². The Kier molecular flexibility index (Phi) is 35.4. The largest absolute Gasteiger partial charge is 0.469 e. The molecule has 0 aliphatic carbocycles. The molecule has 0 aromatic rings. The Labute approximate surface area is 160 Å². The summed E-state index contributed by atoms with van der Waals surface area (Å²) >= 11 is 0. The van der Waals surface area contributed by atoms with Crippen LogP contribution >= 0.6 is 0 Å². The summed E-state index contributed by atoms with van der Waals surface area (Å²) in [6.07, 6.45) is 21.0. The fraction of sp³-hybridized carbons (Fsp3) is 0.783. The molecule has 0 fully saturated rings. The van der Waals surface area contributed by atoms with Crippen LogP contribution in [0.5, 0.6) is 0 Å². The maximum Gasteiger partial charge on any atom is 0.305 e. The number of ether oxygens (including phenoxy) is 1. The van der Waals surface area contributed by atoms with E-state index in [2.05, 4.69) is 24.8 Å². The molecule has 0 unspecified atom stereocenters. The highest BCUT2D eigenvalue weighted by molar-refractivity contribution is 5.68.